The van der Waals surface area contributed by atoms with Crippen molar-refractivity contribution in [3.8, 4) is 0 Å². The van der Waals surface area contributed by atoms with Gasteiger partial charge in [-0.25, -0.2) is 30.3 Å². The quantitative estimate of drug-likeness (QED) is 0.846. The Kier molecular flexibility index (Phi) is 4.68. The highest BCUT2D eigenvalue weighted by atomic mass is 32.2. The lowest BCUT2D eigenvalue weighted by molar-refractivity contribution is 0.568. The van der Waals surface area contributed by atoms with Gasteiger partial charge >= 0.3 is 0 Å². The summed E-state index contributed by atoms with van der Waals surface area (Å²) < 4.78 is 77.7. The molecule has 0 saturated heterocycles. The van der Waals surface area contributed by atoms with Crippen LogP contribution in [0.1, 0.15) is 0 Å². The number of hydrogen-bond donors (Lipinski definition) is 2. The van der Waals surface area contributed by atoms with Crippen molar-refractivity contribution in [2.24, 2.45) is 0 Å². The van der Waals surface area contributed by atoms with Gasteiger partial charge in [-0.05, 0) is 43.4 Å². The molecule has 0 amide bonds. The van der Waals surface area contributed by atoms with Crippen molar-refractivity contribution in [3.63, 3.8) is 0 Å². The summed E-state index contributed by atoms with van der Waals surface area (Å²) in [4.78, 5) is -0.637. The molecule has 0 aliphatic carbocycles. The number of hydrogen-bond acceptors (Lipinski definition) is 4. The van der Waals surface area contributed by atoms with Crippen LogP contribution in [0.25, 0.3) is 0 Å². The molecule has 2 aromatic rings. The average Bonchev–Trinajstić information content (AvgIpc) is 2.46. The van der Waals surface area contributed by atoms with Crippen molar-refractivity contribution >= 4 is 25.7 Å². The predicted octanol–water partition coefficient (Wildman–Crippen LogP) is 1.67. The normalized spacial score (nSPS) is 12.1. The number of anilines is 1. The van der Waals surface area contributed by atoms with E-state index in [0.717, 1.165) is 0 Å². The summed E-state index contributed by atoms with van der Waals surface area (Å²) in [5, 5.41) is 0. The van der Waals surface area contributed by atoms with E-state index in [-0.39, 0.29) is 10.6 Å². The Bertz CT molecular complexity index is 907. The number of benzene rings is 2. The first-order chi connectivity index (χ1) is 10.6. The smallest absolute Gasteiger partial charge is 0.262 e. The highest BCUT2D eigenvalue weighted by Gasteiger charge is 2.17. The molecule has 0 unspecified atom stereocenters. The molecule has 2 aromatic carbocycles. The van der Waals surface area contributed by atoms with Crippen LogP contribution in [0.3, 0.4) is 0 Å². The minimum atomic E-state index is -4.21. The van der Waals surface area contributed by atoms with Crippen molar-refractivity contribution in [1.82, 2.24) is 4.72 Å². The summed E-state index contributed by atoms with van der Waals surface area (Å²) in [5.74, 6) is -2.05. The van der Waals surface area contributed by atoms with Gasteiger partial charge in [-0.1, -0.05) is 0 Å². The Labute approximate surface area is 132 Å². The molecular formula is C13H12F2N2O4S2. The van der Waals surface area contributed by atoms with Gasteiger partial charge in [-0.3, -0.25) is 4.72 Å². The molecule has 0 radical (unpaired) electrons. The van der Waals surface area contributed by atoms with Crippen molar-refractivity contribution in [2.45, 2.75) is 9.79 Å². The maximum Gasteiger partial charge on any atom is 0.262 e. The standard InChI is InChI=1S/C13H12F2N2O4S2/c1-16-22(18,19)12-4-2-11(3-5-12)17-23(20,21)13-7-9(14)6-10(15)8-13/h2-8,16-17H,1H3. The topological polar surface area (TPSA) is 92.3 Å². The van der Waals surface area contributed by atoms with Crippen LogP contribution in [-0.2, 0) is 20.0 Å². The fraction of sp³-hybridized carbons (Fsp3) is 0.0769. The maximum absolute atomic E-state index is 13.1. The highest BCUT2D eigenvalue weighted by Crippen LogP contribution is 2.19. The lowest BCUT2D eigenvalue weighted by atomic mass is 10.3. The highest BCUT2D eigenvalue weighted by molar-refractivity contribution is 7.92. The fourth-order valence-electron chi connectivity index (χ4n) is 1.72. The zero-order valence-corrected chi connectivity index (χ0v) is 13.4. The molecule has 0 fully saturated rings. The van der Waals surface area contributed by atoms with Gasteiger partial charge in [0, 0.05) is 11.8 Å². The molecule has 0 aliphatic heterocycles. The van der Waals surface area contributed by atoms with Gasteiger partial charge in [-0.15, -0.1) is 0 Å². The van der Waals surface area contributed by atoms with Gasteiger partial charge in [-0.2, -0.15) is 0 Å². The van der Waals surface area contributed by atoms with E-state index in [1.807, 2.05) is 0 Å². The van der Waals surface area contributed by atoms with E-state index in [4.69, 9.17) is 0 Å². The van der Waals surface area contributed by atoms with Crippen LogP contribution in [0.2, 0.25) is 0 Å². The molecule has 0 bridgehead atoms. The SMILES string of the molecule is CNS(=O)(=O)c1ccc(NS(=O)(=O)c2cc(F)cc(F)c2)cc1. The van der Waals surface area contributed by atoms with Crippen molar-refractivity contribution in [3.05, 3.63) is 54.1 Å². The third kappa shape index (κ3) is 4.03. The minimum Gasteiger partial charge on any atom is -0.280 e. The zero-order chi connectivity index (χ0) is 17.3. The van der Waals surface area contributed by atoms with Crippen LogP contribution in [0, 0.1) is 11.6 Å². The van der Waals surface area contributed by atoms with Crippen LogP contribution >= 0.6 is 0 Å². The molecule has 0 heterocycles. The second-order valence-electron chi connectivity index (χ2n) is 4.44. The van der Waals surface area contributed by atoms with Gasteiger partial charge in [0.2, 0.25) is 10.0 Å². The summed E-state index contributed by atoms with van der Waals surface area (Å²) in [6, 6.07) is 6.72. The molecule has 23 heavy (non-hydrogen) atoms. The molecule has 2 N–H and O–H groups in total. The summed E-state index contributed by atoms with van der Waals surface area (Å²) in [6.45, 7) is 0. The van der Waals surface area contributed by atoms with Gasteiger partial charge in [0.05, 0.1) is 9.79 Å². The van der Waals surface area contributed by atoms with Crippen molar-refractivity contribution in [1.29, 1.82) is 0 Å². The molecular weight excluding hydrogens is 350 g/mol. The lowest BCUT2D eigenvalue weighted by Crippen LogP contribution is -2.18. The monoisotopic (exact) mass is 362 g/mol. The van der Waals surface area contributed by atoms with Gasteiger partial charge in [0.25, 0.3) is 10.0 Å². The molecule has 0 saturated carbocycles. The summed E-state index contributed by atoms with van der Waals surface area (Å²) >= 11 is 0. The van der Waals surface area contributed by atoms with Crippen LogP contribution in [0.4, 0.5) is 14.5 Å². The van der Waals surface area contributed by atoms with E-state index < -0.39 is 36.6 Å². The van der Waals surface area contributed by atoms with Crippen molar-refractivity contribution in [2.75, 3.05) is 11.8 Å². The molecule has 0 atom stereocenters. The number of rotatable bonds is 5. The zero-order valence-electron chi connectivity index (χ0n) is 11.7. The van der Waals surface area contributed by atoms with Crippen LogP contribution in [0.5, 0.6) is 0 Å². The minimum absolute atomic E-state index is 0.0460. The lowest BCUT2D eigenvalue weighted by Gasteiger charge is -2.09. The molecule has 10 heteroatoms. The van der Waals surface area contributed by atoms with Crippen LogP contribution < -0.4 is 9.44 Å². The van der Waals surface area contributed by atoms with E-state index in [2.05, 4.69) is 9.44 Å². The molecule has 2 rings (SSSR count). The van der Waals surface area contributed by atoms with E-state index >= 15 is 0 Å². The Hall–Kier alpha value is -2.04. The maximum atomic E-state index is 13.1. The Morgan fingerprint density at radius 2 is 1.30 bits per heavy atom. The summed E-state index contributed by atoms with van der Waals surface area (Å²) in [5.41, 5.74) is 0.0460. The van der Waals surface area contributed by atoms with E-state index in [1.54, 1.807) is 0 Å². The third-order valence-electron chi connectivity index (χ3n) is 2.83. The summed E-state index contributed by atoms with van der Waals surface area (Å²) in [6.07, 6.45) is 0. The second-order valence-corrected chi connectivity index (χ2v) is 8.01. The van der Waals surface area contributed by atoms with Gasteiger partial charge in [0.1, 0.15) is 11.6 Å². The van der Waals surface area contributed by atoms with Gasteiger partial charge < -0.3 is 0 Å². The molecule has 124 valence electrons. The number of nitrogens with one attached hydrogen (secondary N) is 2. The molecule has 0 aromatic heterocycles. The third-order valence-corrected chi connectivity index (χ3v) is 5.62. The van der Waals surface area contributed by atoms with E-state index in [0.29, 0.717) is 18.2 Å². The number of halogens is 2. The van der Waals surface area contributed by atoms with E-state index in [9.17, 15) is 25.6 Å². The Morgan fingerprint density at radius 3 is 1.78 bits per heavy atom. The van der Waals surface area contributed by atoms with Gasteiger partial charge in [0.15, 0.2) is 0 Å². The van der Waals surface area contributed by atoms with Crippen LogP contribution in [0.15, 0.2) is 52.3 Å². The predicted molar refractivity (Wildman–Crippen MR) is 79.9 cm³/mol. The first-order valence-electron chi connectivity index (χ1n) is 6.16. The van der Waals surface area contributed by atoms with E-state index in [1.165, 1.54) is 31.3 Å². The Balaban J connectivity index is 2.31. The summed E-state index contributed by atoms with van der Waals surface area (Å²) in [7, 11) is -6.62. The Morgan fingerprint density at radius 1 is 0.783 bits per heavy atom. The van der Waals surface area contributed by atoms with Crippen molar-refractivity contribution < 1.29 is 25.6 Å². The average molecular weight is 362 g/mol. The largest absolute Gasteiger partial charge is 0.280 e. The first kappa shape index (κ1) is 17.3. The molecule has 0 spiro atoms. The van der Waals surface area contributed by atoms with Crippen LogP contribution in [-0.4, -0.2) is 23.9 Å². The second kappa shape index (κ2) is 6.22. The molecule has 0 aliphatic rings. The fourth-order valence-corrected chi connectivity index (χ4v) is 3.55. The first-order valence-corrected chi connectivity index (χ1v) is 9.13. The molecule has 6 nitrogen and oxygen atoms in total. The number of sulfonamides is 2.